The minimum atomic E-state index is -1.54. The van der Waals surface area contributed by atoms with Crippen molar-refractivity contribution in [2.45, 2.75) is 18.9 Å². The number of aromatic nitrogens is 3. The molecule has 2 unspecified atom stereocenters. The fourth-order valence-electron chi connectivity index (χ4n) is 3.54. The molecule has 9 heteroatoms. The number of nitrogens with zero attached hydrogens (tertiary/aromatic N) is 3. The summed E-state index contributed by atoms with van der Waals surface area (Å²) in [5.74, 6) is -0.970. The Balaban J connectivity index is 1.38. The van der Waals surface area contributed by atoms with E-state index in [-0.39, 0.29) is 5.92 Å². The van der Waals surface area contributed by atoms with Crippen LogP contribution in [0.4, 0.5) is 0 Å². The monoisotopic (exact) mass is 434 g/mol. The zero-order valence-electron chi connectivity index (χ0n) is 16.8. The average molecular weight is 434 g/mol. The summed E-state index contributed by atoms with van der Waals surface area (Å²) in [6, 6.07) is 17.8. The third-order valence-electron chi connectivity index (χ3n) is 5.23. The molecule has 0 saturated heterocycles. The summed E-state index contributed by atoms with van der Waals surface area (Å²) < 4.78 is 2.80. The van der Waals surface area contributed by atoms with E-state index in [1.807, 2.05) is 66.2 Å². The first-order valence-electron chi connectivity index (χ1n) is 10.1. The number of rotatable bonds is 10. The van der Waals surface area contributed by atoms with Crippen LogP contribution in [0.5, 0.6) is 0 Å². The fourth-order valence-corrected chi connectivity index (χ4v) is 4.51. The molecule has 2 atom stereocenters. The second-order valence-corrected chi connectivity index (χ2v) is 8.39. The molecule has 2 aromatic carbocycles. The summed E-state index contributed by atoms with van der Waals surface area (Å²) in [4.78, 5) is 11.6. The molecule has 0 aliphatic heterocycles. The normalized spacial score (nSPS) is 13.2. The van der Waals surface area contributed by atoms with Gasteiger partial charge in [-0.15, -0.1) is 16.4 Å². The molecule has 2 aromatic heterocycles. The molecule has 31 heavy (non-hydrogen) atoms. The van der Waals surface area contributed by atoms with Gasteiger partial charge >= 0.3 is 7.12 Å². The van der Waals surface area contributed by atoms with Crippen molar-refractivity contribution in [1.29, 1.82) is 0 Å². The number of nitrogens with one attached hydrogen (secondary N) is 1. The molecule has 0 aliphatic rings. The van der Waals surface area contributed by atoms with E-state index in [1.165, 1.54) is 0 Å². The Morgan fingerprint density at radius 1 is 1.13 bits per heavy atom. The molecular weight excluding hydrogens is 411 g/mol. The van der Waals surface area contributed by atoms with Crippen molar-refractivity contribution in [3.05, 3.63) is 71.7 Å². The van der Waals surface area contributed by atoms with E-state index in [2.05, 4.69) is 15.6 Å². The maximum absolute atomic E-state index is 11.6. The van der Waals surface area contributed by atoms with Crippen LogP contribution in [0.1, 0.15) is 5.56 Å². The van der Waals surface area contributed by atoms with E-state index >= 15 is 0 Å². The molecule has 0 aliphatic carbocycles. The largest absolute Gasteiger partial charge is 0.469 e. The SMILES string of the molecule is O=CC(CNC(Cc1csc2ccccc12)B(O)O)Cn1cc(-c2ccccc2)nn1. The zero-order chi connectivity index (χ0) is 21.6. The second kappa shape index (κ2) is 9.97. The van der Waals surface area contributed by atoms with Crippen LogP contribution in [0.25, 0.3) is 21.3 Å². The number of thiophene rings is 1. The second-order valence-electron chi connectivity index (χ2n) is 7.48. The molecule has 158 valence electrons. The lowest BCUT2D eigenvalue weighted by Gasteiger charge is -2.20. The van der Waals surface area contributed by atoms with E-state index in [9.17, 15) is 14.8 Å². The number of carbonyl (C=O) groups excluding carboxylic acids is 1. The lowest BCUT2D eigenvalue weighted by molar-refractivity contribution is -0.111. The topological polar surface area (TPSA) is 100 Å². The molecule has 0 bridgehead atoms. The van der Waals surface area contributed by atoms with Crippen LogP contribution >= 0.6 is 11.3 Å². The predicted molar refractivity (Wildman–Crippen MR) is 123 cm³/mol. The van der Waals surface area contributed by atoms with Gasteiger partial charge in [0.25, 0.3) is 0 Å². The van der Waals surface area contributed by atoms with Crippen LogP contribution in [0, 0.1) is 5.92 Å². The minimum absolute atomic E-state index is 0.300. The standard InChI is InChI=1S/C22H23BN4O3S/c28-14-16(12-27-13-20(25-26-27)17-6-2-1-3-7-17)11-24-22(23(29)30)10-18-15-31-21-9-5-4-8-19(18)21/h1-9,13-16,22,24,29-30H,10-12H2. The van der Waals surface area contributed by atoms with Gasteiger partial charge in [-0.1, -0.05) is 53.7 Å². The van der Waals surface area contributed by atoms with Gasteiger partial charge in [0.2, 0.25) is 0 Å². The van der Waals surface area contributed by atoms with Crippen LogP contribution in [0.2, 0.25) is 0 Å². The zero-order valence-corrected chi connectivity index (χ0v) is 17.7. The van der Waals surface area contributed by atoms with Gasteiger partial charge in [-0.3, -0.25) is 4.68 Å². The average Bonchev–Trinajstić information content (AvgIpc) is 3.43. The van der Waals surface area contributed by atoms with E-state index in [0.29, 0.717) is 19.5 Å². The number of carbonyl (C=O) groups is 1. The quantitative estimate of drug-likeness (QED) is 0.261. The Kier molecular flexibility index (Phi) is 6.88. The van der Waals surface area contributed by atoms with Crippen LogP contribution in [-0.4, -0.2) is 50.9 Å². The van der Waals surface area contributed by atoms with Crippen molar-refractivity contribution < 1.29 is 14.8 Å². The Morgan fingerprint density at radius 3 is 2.68 bits per heavy atom. The lowest BCUT2D eigenvalue weighted by atomic mass is 9.75. The highest BCUT2D eigenvalue weighted by Crippen LogP contribution is 2.26. The van der Waals surface area contributed by atoms with Crippen molar-refractivity contribution in [1.82, 2.24) is 20.3 Å². The van der Waals surface area contributed by atoms with Gasteiger partial charge in [0.15, 0.2) is 0 Å². The number of aldehydes is 1. The van der Waals surface area contributed by atoms with Crippen molar-refractivity contribution in [2.75, 3.05) is 6.54 Å². The van der Waals surface area contributed by atoms with Crippen molar-refractivity contribution >= 4 is 34.8 Å². The summed E-state index contributed by atoms with van der Waals surface area (Å²) in [7, 11) is -1.54. The smallest absolute Gasteiger partial charge is 0.426 e. The van der Waals surface area contributed by atoms with Gasteiger partial charge in [0.05, 0.1) is 12.7 Å². The first-order chi connectivity index (χ1) is 15.1. The summed E-state index contributed by atoms with van der Waals surface area (Å²) in [5, 5.41) is 34.3. The molecule has 0 radical (unpaired) electrons. The number of fused-ring (bicyclic) bond motifs is 1. The Labute approximate surface area is 184 Å². The number of hydrogen-bond acceptors (Lipinski definition) is 7. The Hall–Kier alpha value is -2.85. The molecule has 4 aromatic rings. The summed E-state index contributed by atoms with van der Waals surface area (Å²) in [5.41, 5.74) is 2.75. The van der Waals surface area contributed by atoms with Crippen molar-refractivity contribution in [2.24, 2.45) is 5.92 Å². The molecule has 0 fully saturated rings. The van der Waals surface area contributed by atoms with Gasteiger partial charge < -0.3 is 20.2 Å². The molecule has 0 saturated carbocycles. The molecule has 7 nitrogen and oxygen atoms in total. The summed E-state index contributed by atoms with van der Waals surface area (Å²) >= 11 is 1.63. The minimum Gasteiger partial charge on any atom is -0.426 e. The van der Waals surface area contributed by atoms with Gasteiger partial charge in [-0.25, -0.2) is 0 Å². The molecule has 0 amide bonds. The number of hydrogen-bond donors (Lipinski definition) is 3. The number of benzene rings is 2. The molecule has 4 rings (SSSR count). The van der Waals surface area contributed by atoms with Crippen LogP contribution < -0.4 is 5.32 Å². The first-order valence-corrected chi connectivity index (χ1v) is 11.0. The van der Waals surface area contributed by atoms with E-state index in [0.717, 1.165) is 33.2 Å². The van der Waals surface area contributed by atoms with Crippen LogP contribution in [0.3, 0.4) is 0 Å². The van der Waals surface area contributed by atoms with Gasteiger partial charge in [0, 0.05) is 28.7 Å². The van der Waals surface area contributed by atoms with Crippen LogP contribution in [-0.2, 0) is 17.8 Å². The maximum Gasteiger partial charge on any atom is 0.469 e. The molecular formula is C22H23BN4O3S. The lowest BCUT2D eigenvalue weighted by Crippen LogP contribution is -2.47. The van der Waals surface area contributed by atoms with Gasteiger partial charge in [0.1, 0.15) is 12.0 Å². The van der Waals surface area contributed by atoms with Gasteiger partial charge in [-0.2, -0.15) is 0 Å². The summed E-state index contributed by atoms with van der Waals surface area (Å²) in [6.45, 7) is 0.653. The third-order valence-corrected chi connectivity index (χ3v) is 6.24. The predicted octanol–water partition coefficient (Wildman–Crippen LogP) is 2.19. The van der Waals surface area contributed by atoms with Crippen molar-refractivity contribution in [3.8, 4) is 11.3 Å². The highest BCUT2D eigenvalue weighted by molar-refractivity contribution is 7.17. The third kappa shape index (κ3) is 5.26. The van der Waals surface area contributed by atoms with E-state index < -0.39 is 13.1 Å². The van der Waals surface area contributed by atoms with Gasteiger partial charge in [-0.05, 0) is 28.8 Å². The highest BCUT2D eigenvalue weighted by Gasteiger charge is 2.25. The van der Waals surface area contributed by atoms with Crippen LogP contribution in [0.15, 0.2) is 66.2 Å². The molecule has 0 spiro atoms. The Bertz CT molecular complexity index is 1130. The maximum atomic E-state index is 11.6. The van der Waals surface area contributed by atoms with E-state index in [4.69, 9.17) is 0 Å². The Morgan fingerprint density at radius 2 is 1.90 bits per heavy atom. The van der Waals surface area contributed by atoms with Crippen molar-refractivity contribution in [3.63, 3.8) is 0 Å². The first kappa shape index (κ1) is 21.4. The highest BCUT2D eigenvalue weighted by atomic mass is 32.1. The molecule has 2 heterocycles. The van der Waals surface area contributed by atoms with E-state index in [1.54, 1.807) is 16.0 Å². The fraction of sp³-hybridized carbons (Fsp3) is 0.227. The summed E-state index contributed by atoms with van der Waals surface area (Å²) in [6.07, 6.45) is 3.12. The molecule has 3 N–H and O–H groups in total.